The molecule has 5 nitrogen and oxygen atoms in total. The topological polar surface area (TPSA) is 68.3 Å². The molecule has 1 aromatic carbocycles. The van der Waals surface area contributed by atoms with Crippen LogP contribution in [0.4, 0.5) is 4.79 Å². The van der Waals surface area contributed by atoms with Crippen LogP contribution >= 0.6 is 11.8 Å². The van der Waals surface area contributed by atoms with Gasteiger partial charge >= 0.3 is 0 Å². The monoisotopic (exact) mass is 413 g/mol. The number of aryl methyl sites for hydroxylation is 2. The normalized spacial score (nSPS) is 17.2. The maximum absolute atomic E-state index is 11.9. The van der Waals surface area contributed by atoms with Gasteiger partial charge in [-0.05, 0) is 61.4 Å². The molecule has 1 aliphatic rings. The van der Waals surface area contributed by atoms with Crippen LogP contribution in [0.25, 0.3) is 0 Å². The molecular weight excluding hydrogens is 384 g/mol. The minimum atomic E-state index is -0.519. The molecule has 1 atom stereocenters. The Morgan fingerprint density at radius 2 is 2.03 bits per heavy atom. The Balaban J connectivity index is 1.55. The van der Waals surface area contributed by atoms with Crippen molar-refractivity contribution < 1.29 is 15.7 Å². The third-order valence-corrected chi connectivity index (χ3v) is 5.82. The lowest BCUT2D eigenvalue weighted by atomic mass is 10.0. The third-order valence-electron chi connectivity index (χ3n) is 4.88. The van der Waals surface area contributed by atoms with Crippen LogP contribution in [0.5, 0.6) is 5.75 Å². The number of aromatic nitrogens is 1. The van der Waals surface area contributed by atoms with Gasteiger partial charge in [0.2, 0.25) is 5.91 Å². The summed E-state index contributed by atoms with van der Waals surface area (Å²) in [5.41, 5.74) is 5.34. The number of nitrogens with one attached hydrogen (secondary N) is 1. The van der Waals surface area contributed by atoms with E-state index in [2.05, 4.69) is 32.9 Å². The summed E-state index contributed by atoms with van der Waals surface area (Å²) < 4.78 is 13.4. The second-order valence-electron chi connectivity index (χ2n) is 7.87. The molecule has 6 heteroatoms. The Kier molecular flexibility index (Phi) is 6.49. The SMILES string of the molecule is [2H]N1C(=O)SC(Cc2ccc(OCCc3ccc(CC(C)C)c(C)n3)c(C)c2)C1=O. The van der Waals surface area contributed by atoms with Crippen molar-refractivity contribution in [3.63, 3.8) is 0 Å². The summed E-state index contributed by atoms with van der Waals surface area (Å²) in [6, 6.07) is 10.0. The number of nitrogens with zero attached hydrogens (tertiary/aromatic N) is 1. The molecule has 29 heavy (non-hydrogen) atoms. The molecule has 1 fully saturated rings. The van der Waals surface area contributed by atoms with E-state index < -0.39 is 16.4 Å². The van der Waals surface area contributed by atoms with Gasteiger partial charge in [-0.15, -0.1) is 0 Å². The molecule has 2 heterocycles. The van der Waals surface area contributed by atoms with Gasteiger partial charge in [0.05, 0.1) is 11.9 Å². The van der Waals surface area contributed by atoms with E-state index in [1.807, 2.05) is 25.1 Å². The summed E-state index contributed by atoms with van der Waals surface area (Å²) in [5, 5.41) is -0.581. The van der Waals surface area contributed by atoms with Gasteiger partial charge in [-0.2, -0.15) is 0 Å². The molecule has 3 rings (SSSR count). The highest BCUT2D eigenvalue weighted by Crippen LogP contribution is 2.26. The fraction of sp³-hybridized carbons (Fsp3) is 0.435. The van der Waals surface area contributed by atoms with Crippen molar-refractivity contribution >= 4 is 22.9 Å². The first-order chi connectivity index (χ1) is 14.2. The molecule has 154 valence electrons. The lowest BCUT2D eigenvalue weighted by Crippen LogP contribution is -2.25. The lowest BCUT2D eigenvalue weighted by molar-refractivity contribution is -0.118. The van der Waals surface area contributed by atoms with Gasteiger partial charge in [-0.3, -0.25) is 19.9 Å². The van der Waals surface area contributed by atoms with E-state index in [0.29, 0.717) is 24.3 Å². The van der Waals surface area contributed by atoms with Crippen LogP contribution in [-0.2, 0) is 24.1 Å². The highest BCUT2D eigenvalue weighted by atomic mass is 32.2. The number of amides is 2. The lowest BCUT2D eigenvalue weighted by Gasteiger charge is -2.13. The number of pyridine rings is 1. The van der Waals surface area contributed by atoms with Crippen LogP contribution in [0, 0.1) is 19.8 Å². The summed E-state index contributed by atoms with van der Waals surface area (Å²) in [5.74, 6) is 0.961. The van der Waals surface area contributed by atoms with Gasteiger partial charge in [0.15, 0.2) is 1.41 Å². The molecule has 1 unspecified atom stereocenters. The molecule has 1 saturated heterocycles. The van der Waals surface area contributed by atoms with Crippen LogP contribution in [-0.4, -0.2) is 28.0 Å². The highest BCUT2D eigenvalue weighted by Gasteiger charge is 2.31. The van der Waals surface area contributed by atoms with Crippen molar-refractivity contribution in [2.24, 2.45) is 5.92 Å². The van der Waals surface area contributed by atoms with Crippen molar-refractivity contribution in [2.45, 2.75) is 52.2 Å². The molecule has 0 bridgehead atoms. The fourth-order valence-corrected chi connectivity index (χ4v) is 4.22. The third kappa shape index (κ3) is 5.82. The maximum atomic E-state index is 11.9. The van der Waals surface area contributed by atoms with Crippen LogP contribution in [0.3, 0.4) is 0 Å². The number of thioether (sulfide) groups is 1. The molecule has 2 aromatic rings. The second-order valence-corrected chi connectivity index (χ2v) is 9.02. The van der Waals surface area contributed by atoms with Crippen LogP contribution in [0.1, 0.15) is 41.9 Å². The zero-order valence-electron chi connectivity index (χ0n) is 18.4. The van der Waals surface area contributed by atoms with Gasteiger partial charge in [0.1, 0.15) is 5.75 Å². The van der Waals surface area contributed by atoms with E-state index >= 15 is 0 Å². The number of imide groups is 1. The van der Waals surface area contributed by atoms with E-state index in [9.17, 15) is 9.59 Å². The summed E-state index contributed by atoms with van der Waals surface area (Å²) in [6.45, 7) is 8.99. The molecule has 0 spiro atoms. The van der Waals surface area contributed by atoms with Gasteiger partial charge in [-0.25, -0.2) is 0 Å². The van der Waals surface area contributed by atoms with Crippen molar-refractivity contribution in [2.75, 3.05) is 6.61 Å². The van der Waals surface area contributed by atoms with Crippen LogP contribution in [0.15, 0.2) is 30.3 Å². The molecule has 1 N–H and O–H groups in total. The zero-order chi connectivity index (χ0) is 21.8. The van der Waals surface area contributed by atoms with Crippen molar-refractivity contribution in [1.82, 2.24) is 10.3 Å². The first-order valence-electron chi connectivity index (χ1n) is 10.4. The molecule has 0 aliphatic carbocycles. The van der Waals surface area contributed by atoms with E-state index in [4.69, 9.17) is 11.1 Å². The summed E-state index contributed by atoms with van der Waals surface area (Å²) in [6.07, 6.45) is 2.20. The average Bonchev–Trinajstić information content (AvgIpc) is 2.92. The van der Waals surface area contributed by atoms with Gasteiger partial charge in [0.25, 0.3) is 5.24 Å². The first-order valence-corrected chi connectivity index (χ1v) is 10.8. The average molecular weight is 414 g/mol. The predicted octanol–water partition coefficient (Wildman–Crippen LogP) is 4.41. The molecule has 0 radical (unpaired) electrons. The number of rotatable bonds is 8. The van der Waals surface area contributed by atoms with E-state index in [1.54, 1.807) is 0 Å². The Bertz CT molecular complexity index is 948. The van der Waals surface area contributed by atoms with Crippen LogP contribution in [0.2, 0.25) is 1.41 Å². The smallest absolute Gasteiger partial charge is 0.286 e. The number of carbonyl (C=O) groups excluding carboxylic acids is 2. The number of hydrogen-bond donors (Lipinski definition) is 1. The summed E-state index contributed by atoms with van der Waals surface area (Å²) in [7, 11) is 0. The van der Waals surface area contributed by atoms with Crippen molar-refractivity contribution in [1.29, 1.82) is 0 Å². The Morgan fingerprint density at radius 1 is 1.24 bits per heavy atom. The quantitative estimate of drug-likeness (QED) is 0.694. The number of benzene rings is 1. The number of ether oxygens (including phenoxy) is 1. The van der Waals surface area contributed by atoms with E-state index in [0.717, 1.165) is 52.9 Å². The summed E-state index contributed by atoms with van der Waals surface area (Å²) in [4.78, 5) is 28.1. The Labute approximate surface area is 178 Å². The molecule has 1 aromatic heterocycles. The first kappa shape index (κ1) is 20.0. The number of carbonyl (C=O) groups is 2. The fourth-order valence-electron chi connectivity index (χ4n) is 3.41. The second kappa shape index (κ2) is 9.44. The van der Waals surface area contributed by atoms with Crippen molar-refractivity contribution in [3.8, 4) is 5.75 Å². The van der Waals surface area contributed by atoms with E-state index in [-0.39, 0.29) is 0 Å². The number of hydrogen-bond acceptors (Lipinski definition) is 5. The minimum absolute atomic E-state index is 0.428. The predicted molar refractivity (Wildman–Crippen MR) is 117 cm³/mol. The van der Waals surface area contributed by atoms with Gasteiger partial charge in [-0.1, -0.05) is 43.8 Å². The largest absolute Gasteiger partial charge is 0.493 e. The van der Waals surface area contributed by atoms with Gasteiger partial charge in [0, 0.05) is 17.8 Å². The van der Waals surface area contributed by atoms with E-state index in [1.165, 1.54) is 5.56 Å². The maximum Gasteiger partial charge on any atom is 0.286 e. The molecule has 2 amide bonds. The zero-order valence-corrected chi connectivity index (χ0v) is 18.2. The standard InChI is InChI=1S/C23H28N2O3S/c1-14(2)11-18-6-7-19(24-16(18)4)9-10-28-20-8-5-17(12-15(20)3)13-21-22(26)25-23(27)29-21/h5-8,12,14,21H,9-11,13H2,1-4H3,(H,25,26,27)/i/hD. The molecular formula is C23H28N2O3S. The van der Waals surface area contributed by atoms with Crippen molar-refractivity contribution in [3.05, 3.63) is 58.4 Å². The minimum Gasteiger partial charge on any atom is -0.493 e. The highest BCUT2D eigenvalue weighted by molar-refractivity contribution is 8.15. The Hall–Kier alpha value is -2.34. The molecule has 0 saturated carbocycles. The molecule has 1 aliphatic heterocycles. The van der Waals surface area contributed by atoms with Gasteiger partial charge < -0.3 is 4.74 Å². The van der Waals surface area contributed by atoms with Crippen LogP contribution < -0.4 is 10.0 Å². The summed E-state index contributed by atoms with van der Waals surface area (Å²) >= 11 is 0.915. The Morgan fingerprint density at radius 3 is 2.66 bits per heavy atom.